The average molecular weight is 310 g/mol. The van der Waals surface area contributed by atoms with Crippen molar-refractivity contribution in [3.63, 3.8) is 0 Å². The van der Waals surface area contributed by atoms with Crippen LogP contribution in [0.4, 0.5) is 15.8 Å². The van der Waals surface area contributed by atoms with Crippen LogP contribution in [0.3, 0.4) is 0 Å². The van der Waals surface area contributed by atoms with Crippen LogP contribution in [0, 0.1) is 5.95 Å². The highest BCUT2D eigenvalue weighted by Gasteiger charge is 2.08. The number of anilines is 2. The largest absolute Gasteiger partial charge is 0.398 e. The Morgan fingerprint density at radius 1 is 1.33 bits per heavy atom. The summed E-state index contributed by atoms with van der Waals surface area (Å²) in [6, 6.07) is 7.46. The molecule has 0 radical (unpaired) electrons. The number of rotatable bonds is 2. The van der Waals surface area contributed by atoms with E-state index in [9.17, 15) is 9.18 Å². The van der Waals surface area contributed by atoms with E-state index in [0.29, 0.717) is 21.4 Å². The highest BCUT2D eigenvalue weighted by molar-refractivity contribution is 9.10. The molecule has 2 aromatic rings. The molecule has 1 amide bonds. The Morgan fingerprint density at radius 2 is 2.11 bits per heavy atom. The van der Waals surface area contributed by atoms with Gasteiger partial charge in [-0.15, -0.1) is 0 Å². The lowest BCUT2D eigenvalue weighted by atomic mass is 10.2. The number of aromatic nitrogens is 1. The van der Waals surface area contributed by atoms with Gasteiger partial charge in [0.05, 0.1) is 11.9 Å². The highest BCUT2D eigenvalue weighted by Crippen LogP contribution is 2.21. The van der Waals surface area contributed by atoms with E-state index >= 15 is 0 Å². The Kier molecular flexibility index (Phi) is 3.57. The van der Waals surface area contributed by atoms with Gasteiger partial charge in [0.25, 0.3) is 5.91 Å². The molecule has 18 heavy (non-hydrogen) atoms. The van der Waals surface area contributed by atoms with Gasteiger partial charge in [0.1, 0.15) is 0 Å². The molecule has 0 saturated carbocycles. The van der Waals surface area contributed by atoms with E-state index in [1.807, 2.05) is 0 Å². The first-order chi connectivity index (χ1) is 8.56. The Hall–Kier alpha value is -1.95. The second-order valence-corrected chi connectivity index (χ2v) is 4.41. The summed E-state index contributed by atoms with van der Waals surface area (Å²) in [6.07, 6.45) is 1.25. The maximum atomic E-state index is 12.6. The molecule has 1 aromatic heterocycles. The van der Waals surface area contributed by atoms with Crippen LogP contribution in [0.2, 0.25) is 0 Å². The molecular weight excluding hydrogens is 301 g/mol. The molecule has 1 aromatic carbocycles. The van der Waals surface area contributed by atoms with Gasteiger partial charge in [0.15, 0.2) is 0 Å². The summed E-state index contributed by atoms with van der Waals surface area (Å²) in [5.74, 6) is -0.910. The maximum Gasteiger partial charge on any atom is 0.255 e. The van der Waals surface area contributed by atoms with Crippen molar-refractivity contribution in [2.45, 2.75) is 0 Å². The van der Waals surface area contributed by atoms with E-state index in [2.05, 4.69) is 26.2 Å². The van der Waals surface area contributed by atoms with Crippen LogP contribution in [0.1, 0.15) is 10.4 Å². The summed E-state index contributed by atoms with van der Waals surface area (Å²) < 4.78 is 13.2. The molecule has 0 bridgehead atoms. The zero-order valence-electron chi connectivity index (χ0n) is 9.15. The van der Waals surface area contributed by atoms with Crippen molar-refractivity contribution < 1.29 is 9.18 Å². The van der Waals surface area contributed by atoms with E-state index in [-0.39, 0.29) is 5.91 Å². The molecule has 0 unspecified atom stereocenters. The number of hydrogen-bond acceptors (Lipinski definition) is 3. The van der Waals surface area contributed by atoms with Crippen molar-refractivity contribution in [3.05, 3.63) is 52.5 Å². The molecule has 2 rings (SSSR count). The molecule has 0 atom stereocenters. The number of nitrogens with one attached hydrogen (secondary N) is 1. The zero-order valence-corrected chi connectivity index (χ0v) is 10.7. The second kappa shape index (κ2) is 5.14. The first-order valence-electron chi connectivity index (χ1n) is 5.04. The summed E-state index contributed by atoms with van der Waals surface area (Å²) >= 11 is 3.24. The molecular formula is C12H9BrFN3O. The van der Waals surface area contributed by atoms with Gasteiger partial charge < -0.3 is 11.1 Å². The smallest absolute Gasteiger partial charge is 0.255 e. The van der Waals surface area contributed by atoms with Gasteiger partial charge in [-0.05, 0) is 46.3 Å². The third-order valence-electron chi connectivity index (χ3n) is 2.25. The third kappa shape index (κ3) is 2.84. The van der Waals surface area contributed by atoms with Crippen molar-refractivity contribution in [2.24, 2.45) is 0 Å². The van der Waals surface area contributed by atoms with Crippen LogP contribution in [0.15, 0.2) is 41.0 Å². The summed E-state index contributed by atoms with van der Waals surface area (Å²) in [5, 5.41) is 2.60. The lowest BCUT2D eigenvalue weighted by molar-refractivity contribution is 0.102. The second-order valence-electron chi connectivity index (χ2n) is 3.56. The van der Waals surface area contributed by atoms with E-state index in [4.69, 9.17) is 5.73 Å². The summed E-state index contributed by atoms with van der Waals surface area (Å²) in [7, 11) is 0. The number of carbonyl (C=O) groups is 1. The number of nitrogen functional groups attached to an aromatic ring is 1. The molecule has 0 aliphatic rings. The normalized spacial score (nSPS) is 10.1. The van der Waals surface area contributed by atoms with Crippen LogP contribution >= 0.6 is 15.9 Å². The van der Waals surface area contributed by atoms with Crippen molar-refractivity contribution in [3.8, 4) is 0 Å². The van der Waals surface area contributed by atoms with Crippen LogP contribution in [0.25, 0.3) is 0 Å². The maximum absolute atomic E-state index is 12.6. The third-order valence-corrected chi connectivity index (χ3v) is 2.93. The number of carbonyl (C=O) groups excluding carboxylic acids is 1. The van der Waals surface area contributed by atoms with E-state index in [1.165, 1.54) is 18.3 Å². The number of pyridine rings is 1. The van der Waals surface area contributed by atoms with E-state index < -0.39 is 5.95 Å². The Labute approximate surface area is 111 Å². The van der Waals surface area contributed by atoms with Gasteiger partial charge in [-0.25, -0.2) is 4.98 Å². The van der Waals surface area contributed by atoms with Crippen LogP contribution in [0.5, 0.6) is 0 Å². The summed E-state index contributed by atoms with van der Waals surface area (Å²) in [5.41, 5.74) is 7.05. The summed E-state index contributed by atoms with van der Waals surface area (Å²) in [6.45, 7) is 0. The Bertz CT molecular complexity index is 586. The molecule has 4 nitrogen and oxygen atoms in total. The fraction of sp³-hybridized carbons (Fsp3) is 0. The van der Waals surface area contributed by atoms with Gasteiger partial charge in [-0.1, -0.05) is 0 Å². The molecule has 1 heterocycles. The molecule has 0 aliphatic carbocycles. The van der Waals surface area contributed by atoms with Gasteiger partial charge in [-0.3, -0.25) is 4.79 Å². The van der Waals surface area contributed by atoms with E-state index in [1.54, 1.807) is 18.2 Å². The number of hydrogen-bond donors (Lipinski definition) is 2. The van der Waals surface area contributed by atoms with Crippen LogP contribution < -0.4 is 11.1 Å². The van der Waals surface area contributed by atoms with Crippen LogP contribution in [-0.2, 0) is 0 Å². The molecule has 0 aliphatic heterocycles. The number of halogens is 2. The fourth-order valence-corrected chi connectivity index (χ4v) is 1.70. The van der Waals surface area contributed by atoms with Crippen molar-refractivity contribution >= 4 is 33.2 Å². The highest BCUT2D eigenvalue weighted by atomic mass is 79.9. The minimum absolute atomic E-state index is 0.316. The first kappa shape index (κ1) is 12.5. The summed E-state index contributed by atoms with van der Waals surface area (Å²) in [4.78, 5) is 15.3. The first-order valence-corrected chi connectivity index (χ1v) is 5.83. The molecule has 3 N–H and O–H groups in total. The van der Waals surface area contributed by atoms with Gasteiger partial charge >= 0.3 is 0 Å². The molecule has 0 saturated heterocycles. The number of nitrogens with two attached hydrogens (primary N) is 1. The average Bonchev–Trinajstić information content (AvgIpc) is 2.35. The number of amides is 1. The van der Waals surface area contributed by atoms with Crippen molar-refractivity contribution in [2.75, 3.05) is 11.1 Å². The standard InChI is InChI=1S/C12H9BrFN3O/c13-9-5-7(1-3-10(9)15)12(18)17-8-2-4-11(14)16-6-8/h1-6H,15H2,(H,17,18). The predicted octanol–water partition coefficient (Wildman–Crippen LogP) is 2.82. The molecule has 6 heteroatoms. The van der Waals surface area contributed by atoms with Gasteiger partial charge in [0.2, 0.25) is 5.95 Å². The molecule has 92 valence electrons. The SMILES string of the molecule is Nc1ccc(C(=O)Nc2ccc(F)nc2)cc1Br. The molecule has 0 spiro atoms. The minimum Gasteiger partial charge on any atom is -0.398 e. The Balaban J connectivity index is 2.16. The Morgan fingerprint density at radius 3 is 2.72 bits per heavy atom. The molecule has 0 fully saturated rings. The van der Waals surface area contributed by atoms with Crippen molar-refractivity contribution in [1.82, 2.24) is 4.98 Å². The lowest BCUT2D eigenvalue weighted by Crippen LogP contribution is -2.12. The number of nitrogens with zero attached hydrogens (tertiary/aromatic N) is 1. The zero-order chi connectivity index (χ0) is 13.1. The predicted molar refractivity (Wildman–Crippen MR) is 70.7 cm³/mol. The monoisotopic (exact) mass is 309 g/mol. The quantitative estimate of drug-likeness (QED) is 0.662. The minimum atomic E-state index is -0.594. The van der Waals surface area contributed by atoms with Crippen LogP contribution in [-0.4, -0.2) is 10.9 Å². The van der Waals surface area contributed by atoms with Gasteiger partial charge in [0, 0.05) is 15.7 Å². The van der Waals surface area contributed by atoms with Crippen molar-refractivity contribution in [1.29, 1.82) is 0 Å². The topological polar surface area (TPSA) is 68.0 Å². The lowest BCUT2D eigenvalue weighted by Gasteiger charge is -2.06. The van der Waals surface area contributed by atoms with Gasteiger partial charge in [-0.2, -0.15) is 4.39 Å². The number of benzene rings is 1. The fourth-order valence-electron chi connectivity index (χ4n) is 1.32. The van der Waals surface area contributed by atoms with E-state index in [0.717, 1.165) is 0 Å².